The van der Waals surface area contributed by atoms with Crippen LogP contribution in [0, 0.1) is 52.0 Å². The van der Waals surface area contributed by atoms with Gasteiger partial charge in [-0.2, -0.15) is 12.1 Å². The number of aromatic nitrogens is 6. The number of fused-ring (bicyclic) bond motifs is 4. The molecular formula is C108H88Ir4N6O4P4S3-4. The predicted molar refractivity (Wildman–Crippen MR) is 534 cm³/mol. The van der Waals surface area contributed by atoms with Crippen molar-refractivity contribution in [3.63, 3.8) is 0 Å². The van der Waals surface area contributed by atoms with Crippen molar-refractivity contribution in [2.24, 2.45) is 0 Å². The largest absolute Gasteiger partial charge is 0.436 e. The minimum absolute atomic E-state index is 0. The zero-order valence-electron chi connectivity index (χ0n) is 71.6. The van der Waals surface area contributed by atoms with E-state index in [1.54, 1.807) is 23.7 Å². The van der Waals surface area contributed by atoms with Gasteiger partial charge in [-0.15, -0.1) is 89.5 Å². The molecule has 652 valence electrons. The summed E-state index contributed by atoms with van der Waals surface area (Å²) >= 11 is 14.6. The van der Waals surface area contributed by atoms with Crippen LogP contribution in [-0.4, -0.2) is 42.1 Å². The molecule has 0 amide bonds. The number of hydrogen-bond donors (Lipinski definition) is 0. The number of aryl methyl sites for hydroxylation is 4. The first-order valence-electron chi connectivity index (χ1n) is 41.2. The third kappa shape index (κ3) is 23.7. The topological polar surface area (TPSA) is 114 Å². The number of nitrogens with zero attached hydrogens (tertiary/aromatic N) is 6. The summed E-state index contributed by atoms with van der Waals surface area (Å²) < 4.78 is 25.1. The molecule has 0 atom stereocenters. The van der Waals surface area contributed by atoms with E-state index in [0.717, 1.165) is 143 Å². The van der Waals surface area contributed by atoms with E-state index in [2.05, 4.69) is 267 Å². The van der Waals surface area contributed by atoms with Gasteiger partial charge in [-0.3, -0.25) is 15.0 Å². The molecule has 0 bridgehead atoms. The van der Waals surface area contributed by atoms with Gasteiger partial charge in [-0.25, -0.2) is 11.3 Å². The second kappa shape index (κ2) is 46.6. The second-order valence-electron chi connectivity index (χ2n) is 30.3. The maximum Gasteiger partial charge on any atom is 0.306 e. The Kier molecular flexibility index (Phi) is 35.6. The number of thiophene rings is 1. The molecule has 0 spiro atoms. The Labute approximate surface area is 827 Å². The second-order valence-corrected chi connectivity index (χ2v) is 42.9. The Balaban J connectivity index is 0.000000155. The molecule has 0 aliphatic rings. The van der Waals surface area contributed by atoms with Crippen molar-refractivity contribution in [2.45, 2.75) is 67.6 Å². The van der Waals surface area contributed by atoms with E-state index in [0.29, 0.717) is 0 Å². The summed E-state index contributed by atoms with van der Waals surface area (Å²) in [5.41, 5.74) is 15.9. The molecule has 12 aromatic carbocycles. The van der Waals surface area contributed by atoms with Crippen molar-refractivity contribution >= 4 is 150 Å². The smallest absolute Gasteiger partial charge is 0.306 e. The molecule has 7 heterocycles. The van der Waals surface area contributed by atoms with E-state index in [4.69, 9.17) is 56.7 Å². The van der Waals surface area contributed by atoms with Gasteiger partial charge >= 0.3 is 8.38 Å². The Morgan fingerprint density at radius 2 is 0.876 bits per heavy atom. The number of benzene rings is 12. The monoisotopic (exact) mass is 2520 g/mol. The van der Waals surface area contributed by atoms with Crippen LogP contribution in [0.25, 0.3) is 98.1 Å². The van der Waals surface area contributed by atoms with E-state index >= 15 is 0 Å². The van der Waals surface area contributed by atoms with Crippen molar-refractivity contribution in [1.82, 2.24) is 29.9 Å². The summed E-state index contributed by atoms with van der Waals surface area (Å²) in [7, 11) is -2.57. The van der Waals surface area contributed by atoms with Crippen LogP contribution in [0.4, 0.5) is 0 Å². The molecule has 0 saturated carbocycles. The van der Waals surface area contributed by atoms with Crippen LogP contribution < -0.4 is 51.7 Å². The molecule has 129 heavy (non-hydrogen) atoms. The van der Waals surface area contributed by atoms with Crippen LogP contribution in [0.15, 0.2) is 377 Å². The summed E-state index contributed by atoms with van der Waals surface area (Å²) in [4.78, 5) is 30.5. The molecule has 10 nitrogen and oxygen atoms in total. The Hall–Kier alpha value is -9.44. The first-order valence-corrected chi connectivity index (χ1v) is 49.9. The molecule has 0 aliphatic heterocycles. The van der Waals surface area contributed by atoms with Gasteiger partial charge in [0.2, 0.25) is 0 Å². The number of pyridine rings is 6. The maximum atomic E-state index is 6.60. The van der Waals surface area contributed by atoms with E-state index in [-0.39, 0.29) is 92.6 Å². The molecular weight excluding hydrogens is 2430 g/mol. The van der Waals surface area contributed by atoms with E-state index in [9.17, 15) is 0 Å². The summed E-state index contributed by atoms with van der Waals surface area (Å²) in [6, 6.07) is 128. The normalized spacial score (nSPS) is 11.1. The molecule has 19 rings (SSSR count). The van der Waals surface area contributed by atoms with E-state index in [1.165, 1.54) is 31.7 Å². The summed E-state index contributed by atoms with van der Waals surface area (Å²) in [6.07, 6.45) is 7.50. The Bertz CT molecular complexity index is 6890. The van der Waals surface area contributed by atoms with Crippen LogP contribution in [0.2, 0.25) is 0 Å². The Morgan fingerprint density at radius 1 is 0.357 bits per heavy atom. The molecule has 0 saturated heterocycles. The third-order valence-electron chi connectivity index (χ3n) is 20.6. The minimum atomic E-state index is -2.37. The van der Waals surface area contributed by atoms with Gasteiger partial charge in [0.05, 0.1) is 34.1 Å². The van der Waals surface area contributed by atoms with Crippen molar-refractivity contribution < 1.29 is 98.5 Å². The molecule has 7 aromatic heterocycles. The molecule has 19 aromatic rings. The van der Waals surface area contributed by atoms with Gasteiger partial charge in [-0.1, -0.05) is 280 Å². The van der Waals surface area contributed by atoms with Crippen LogP contribution in [0.1, 0.15) is 49.9 Å². The van der Waals surface area contributed by atoms with Gasteiger partial charge in [0.15, 0.2) is 8.38 Å². The van der Waals surface area contributed by atoms with Crippen LogP contribution >= 0.6 is 40.2 Å². The molecule has 0 N–H and O–H groups in total. The minimum Gasteiger partial charge on any atom is -0.436 e. The van der Waals surface area contributed by atoms with Crippen molar-refractivity contribution in [2.75, 3.05) is 0 Å². The van der Waals surface area contributed by atoms with Crippen LogP contribution in [0.5, 0.6) is 11.5 Å². The zero-order chi connectivity index (χ0) is 86.2. The van der Waals surface area contributed by atoms with Crippen molar-refractivity contribution in [3.05, 3.63) is 423 Å². The average molecular weight is 2520 g/mol. The Morgan fingerprint density at radius 3 is 1.43 bits per heavy atom. The van der Waals surface area contributed by atoms with E-state index < -0.39 is 28.8 Å². The van der Waals surface area contributed by atoms with Gasteiger partial charge in [0, 0.05) is 128 Å². The maximum absolute atomic E-state index is 6.60. The third-order valence-corrected chi connectivity index (χ3v) is 34.6. The first-order chi connectivity index (χ1) is 61.0. The molecule has 21 heteroatoms. The molecule has 0 unspecified atom stereocenters. The summed E-state index contributed by atoms with van der Waals surface area (Å²) in [5, 5.41) is 13.4. The van der Waals surface area contributed by atoms with Crippen molar-refractivity contribution in [3.8, 4) is 66.3 Å². The standard InChI is InChI=1S/C31H27NO2P.C31H21NPS2.C25H17N3PS.C21H23NO2P.4Ir/c1-21-12-14-23(3)29(18-21)33-35(34-30-19-22(2)13-15-24(30)4)27-10-7-9-26(20-27)31-28-11-6-5-8-25(28)16-17-32-31;34-33(24-13-6-2-7-14-24,25-15-8-3-9-16-25)29-18-10-17-27-26(29)19-20-28(32-27)31-22-21-30(35-31)23-11-4-1-5-12-23;30-29(24-9-3-5-17-26-24,25-10-4-6-18-27-25)21-14-11-20(12-15-21)23-16-13-19-7-1-2-8-22(19)28-23;1-15(2)23-25(24-16(3)4)19-11-9-18(10-12-19)21-20-8-6-5-7-17(20)13-14-22-21;;;;/h5-8,10-20H,1-4H3;1-21H;1-11,13-18H;5-9,11-16H,1-4H3;;;;/q4*-1;;;;. The van der Waals surface area contributed by atoms with Crippen molar-refractivity contribution in [1.29, 1.82) is 0 Å². The van der Waals surface area contributed by atoms with Gasteiger partial charge in [0.1, 0.15) is 11.5 Å². The van der Waals surface area contributed by atoms with Gasteiger partial charge in [-0.05, 0) is 204 Å². The van der Waals surface area contributed by atoms with Gasteiger partial charge < -0.3 is 33.0 Å². The number of hydrogen-bond acceptors (Lipinski definition) is 13. The molecule has 0 aliphatic carbocycles. The first kappa shape index (κ1) is 98.6. The summed E-state index contributed by atoms with van der Waals surface area (Å²) in [6.45, 7) is 16.4. The quantitative estimate of drug-likeness (QED) is 0.0504. The van der Waals surface area contributed by atoms with Gasteiger partial charge in [0.25, 0.3) is 0 Å². The van der Waals surface area contributed by atoms with Crippen LogP contribution in [0.3, 0.4) is 0 Å². The fourth-order valence-corrected chi connectivity index (χ4v) is 25.5. The van der Waals surface area contributed by atoms with E-state index in [1.807, 2.05) is 192 Å². The molecule has 4 radical (unpaired) electrons. The van der Waals surface area contributed by atoms with Crippen LogP contribution in [-0.2, 0) is 113 Å². The predicted octanol–water partition coefficient (Wildman–Crippen LogP) is 24.9. The number of rotatable bonds is 21. The average Bonchev–Trinajstić information content (AvgIpc) is 0.859. The zero-order valence-corrected chi connectivity index (χ0v) is 87.2. The fourth-order valence-electron chi connectivity index (χ4n) is 14.4. The fraction of sp³-hybridized carbons (Fsp3) is 0.0926. The summed E-state index contributed by atoms with van der Waals surface area (Å²) in [5.74, 6) is 1.66. The molecule has 0 fully saturated rings. The number of para-hydroxylation sites is 1. The SMILES string of the molecule is CC(C)OP(OC(C)C)c1c[c-]c(-c2nccc3ccccc23)cc1.Cc1ccc(C)c(OP(Oc2cc(C)ccc2C)c2cc[c-]c(-c3nccc4ccccc34)c2)c1.S=P(c1c[c-]c(-c2ccc3ccccc3n2)cc1)(c1ccccn1)c1ccccn1.S=P(c1ccccc1)(c1ccccc1)c1cccc2nc(-c3[c-]cc(-c4ccccc4)s3)ccc12.[Ir].[Ir].[Ir].[Ir].